The molecule has 4 heteroatoms. The molecule has 100 valence electrons. The summed E-state index contributed by atoms with van der Waals surface area (Å²) in [7, 11) is 0. The molecule has 0 aliphatic rings. The Morgan fingerprint density at radius 2 is 1.89 bits per heavy atom. The van der Waals surface area contributed by atoms with E-state index in [9.17, 15) is 4.79 Å². The number of hydrogen-bond acceptors (Lipinski definition) is 3. The van der Waals surface area contributed by atoms with Gasteiger partial charge in [-0.3, -0.25) is 4.79 Å². The molecule has 0 saturated carbocycles. The lowest BCUT2D eigenvalue weighted by Gasteiger charge is -2.19. The van der Waals surface area contributed by atoms with Gasteiger partial charge in [-0.15, -0.1) is 0 Å². The monoisotopic (exact) mass is 258 g/mol. The highest BCUT2D eigenvalue weighted by molar-refractivity contribution is 5.91. The minimum Gasteiger partial charge on any atom is -0.456 e. The van der Waals surface area contributed by atoms with E-state index in [0.717, 1.165) is 17.0 Å². The number of anilines is 1. The van der Waals surface area contributed by atoms with Crippen LogP contribution in [0.4, 0.5) is 5.69 Å². The molecule has 0 bridgehead atoms. The molecule has 0 aliphatic heterocycles. The smallest absolute Gasteiger partial charge is 0.289 e. The third-order valence-corrected chi connectivity index (χ3v) is 2.97. The summed E-state index contributed by atoms with van der Waals surface area (Å²) in [6, 6.07) is 11.0. The SMILES string of the molecule is CCN(Cc1ccc(N)cc1)C(=O)c1ccc(C)o1. The number of rotatable bonds is 4. The van der Waals surface area contributed by atoms with Crippen LogP contribution in [0.5, 0.6) is 0 Å². The molecule has 2 N–H and O–H groups in total. The van der Waals surface area contributed by atoms with Crippen molar-refractivity contribution in [3.8, 4) is 0 Å². The number of furan rings is 1. The summed E-state index contributed by atoms with van der Waals surface area (Å²) in [6.07, 6.45) is 0. The highest BCUT2D eigenvalue weighted by atomic mass is 16.3. The lowest BCUT2D eigenvalue weighted by molar-refractivity contribution is 0.0719. The molecule has 0 saturated heterocycles. The summed E-state index contributed by atoms with van der Waals surface area (Å²) in [5, 5.41) is 0. The molecule has 1 amide bonds. The Hall–Kier alpha value is -2.23. The average molecular weight is 258 g/mol. The molecule has 0 unspecified atom stereocenters. The van der Waals surface area contributed by atoms with Gasteiger partial charge in [0.15, 0.2) is 5.76 Å². The van der Waals surface area contributed by atoms with Crippen LogP contribution in [0.25, 0.3) is 0 Å². The van der Waals surface area contributed by atoms with Crippen LogP contribution in [-0.2, 0) is 6.54 Å². The van der Waals surface area contributed by atoms with E-state index in [1.807, 2.05) is 38.1 Å². The summed E-state index contributed by atoms with van der Waals surface area (Å²) in [6.45, 7) is 4.95. The summed E-state index contributed by atoms with van der Waals surface area (Å²) >= 11 is 0. The maximum absolute atomic E-state index is 12.3. The van der Waals surface area contributed by atoms with Gasteiger partial charge in [0.1, 0.15) is 5.76 Å². The van der Waals surface area contributed by atoms with Crippen LogP contribution in [0.2, 0.25) is 0 Å². The molecule has 2 aromatic rings. The molecule has 0 fully saturated rings. The highest BCUT2D eigenvalue weighted by Crippen LogP contribution is 2.13. The number of nitrogen functional groups attached to an aromatic ring is 1. The molecule has 19 heavy (non-hydrogen) atoms. The number of hydrogen-bond donors (Lipinski definition) is 1. The van der Waals surface area contributed by atoms with Gasteiger partial charge in [-0.1, -0.05) is 12.1 Å². The lowest BCUT2D eigenvalue weighted by atomic mass is 10.2. The Morgan fingerprint density at radius 1 is 1.21 bits per heavy atom. The second kappa shape index (κ2) is 5.61. The number of nitrogens with two attached hydrogens (primary N) is 1. The Morgan fingerprint density at radius 3 is 2.42 bits per heavy atom. The van der Waals surface area contributed by atoms with Crippen molar-refractivity contribution in [1.82, 2.24) is 4.90 Å². The van der Waals surface area contributed by atoms with Gasteiger partial charge in [0.25, 0.3) is 5.91 Å². The molecule has 1 aromatic carbocycles. The van der Waals surface area contributed by atoms with Crippen molar-refractivity contribution in [3.63, 3.8) is 0 Å². The third-order valence-electron chi connectivity index (χ3n) is 2.97. The summed E-state index contributed by atoms with van der Waals surface area (Å²) in [4.78, 5) is 14.0. The molecule has 4 nitrogen and oxygen atoms in total. The predicted octanol–water partition coefficient (Wildman–Crippen LogP) is 2.83. The van der Waals surface area contributed by atoms with Gasteiger partial charge in [0, 0.05) is 18.8 Å². The molecular formula is C15H18N2O2. The maximum atomic E-state index is 12.3. The maximum Gasteiger partial charge on any atom is 0.289 e. The minimum absolute atomic E-state index is 0.0903. The minimum atomic E-state index is -0.0903. The van der Waals surface area contributed by atoms with E-state index < -0.39 is 0 Å². The number of amides is 1. The Labute approximate surface area is 112 Å². The fourth-order valence-electron chi connectivity index (χ4n) is 1.88. The highest BCUT2D eigenvalue weighted by Gasteiger charge is 2.17. The van der Waals surface area contributed by atoms with E-state index in [4.69, 9.17) is 10.2 Å². The number of carbonyl (C=O) groups is 1. The van der Waals surface area contributed by atoms with Crippen molar-refractivity contribution in [2.24, 2.45) is 0 Å². The van der Waals surface area contributed by atoms with Gasteiger partial charge < -0.3 is 15.1 Å². The van der Waals surface area contributed by atoms with Crippen molar-refractivity contribution in [2.45, 2.75) is 20.4 Å². The van der Waals surface area contributed by atoms with Gasteiger partial charge in [-0.05, 0) is 43.7 Å². The molecule has 0 radical (unpaired) electrons. The van der Waals surface area contributed by atoms with Crippen LogP contribution in [-0.4, -0.2) is 17.4 Å². The zero-order valence-electron chi connectivity index (χ0n) is 11.2. The van der Waals surface area contributed by atoms with Crippen LogP contribution in [0.15, 0.2) is 40.8 Å². The standard InChI is InChI=1S/C15H18N2O2/c1-3-17(10-12-5-7-13(16)8-6-12)15(18)14-9-4-11(2)19-14/h4-9H,3,10,16H2,1-2H3. The average Bonchev–Trinajstić information content (AvgIpc) is 2.84. The van der Waals surface area contributed by atoms with Crippen LogP contribution >= 0.6 is 0 Å². The van der Waals surface area contributed by atoms with Crippen molar-refractivity contribution in [2.75, 3.05) is 12.3 Å². The van der Waals surface area contributed by atoms with Crippen LogP contribution in [0.1, 0.15) is 28.8 Å². The van der Waals surface area contributed by atoms with Crippen LogP contribution < -0.4 is 5.73 Å². The zero-order chi connectivity index (χ0) is 13.8. The number of carbonyl (C=O) groups excluding carboxylic acids is 1. The molecular weight excluding hydrogens is 240 g/mol. The first-order valence-corrected chi connectivity index (χ1v) is 6.30. The Bertz CT molecular complexity index is 558. The topological polar surface area (TPSA) is 59.5 Å². The van der Waals surface area contributed by atoms with Crippen molar-refractivity contribution >= 4 is 11.6 Å². The number of aryl methyl sites for hydroxylation is 1. The number of nitrogens with zero attached hydrogens (tertiary/aromatic N) is 1. The lowest BCUT2D eigenvalue weighted by Crippen LogP contribution is -2.30. The molecule has 0 spiro atoms. The van der Waals surface area contributed by atoms with Gasteiger partial charge in [-0.25, -0.2) is 0 Å². The van der Waals surface area contributed by atoms with E-state index in [0.29, 0.717) is 18.8 Å². The van der Waals surface area contributed by atoms with E-state index in [-0.39, 0.29) is 5.91 Å². The second-order valence-corrected chi connectivity index (χ2v) is 4.47. The summed E-state index contributed by atoms with van der Waals surface area (Å²) < 4.78 is 5.37. The van der Waals surface area contributed by atoms with E-state index >= 15 is 0 Å². The largest absolute Gasteiger partial charge is 0.456 e. The normalized spacial score (nSPS) is 10.4. The molecule has 2 rings (SSSR count). The first-order valence-electron chi connectivity index (χ1n) is 6.30. The first-order chi connectivity index (χ1) is 9.10. The van der Waals surface area contributed by atoms with Gasteiger partial charge in [0.05, 0.1) is 0 Å². The second-order valence-electron chi connectivity index (χ2n) is 4.47. The molecule has 0 aliphatic carbocycles. The quantitative estimate of drug-likeness (QED) is 0.858. The Kier molecular flexibility index (Phi) is 3.90. The fourth-order valence-corrected chi connectivity index (χ4v) is 1.88. The van der Waals surface area contributed by atoms with E-state index in [1.165, 1.54) is 0 Å². The fraction of sp³-hybridized carbons (Fsp3) is 0.267. The Balaban J connectivity index is 2.11. The first kappa shape index (κ1) is 13.2. The number of benzene rings is 1. The predicted molar refractivity (Wildman–Crippen MR) is 74.7 cm³/mol. The molecule has 1 aromatic heterocycles. The summed E-state index contributed by atoms with van der Waals surface area (Å²) in [5.74, 6) is 1.04. The molecule has 0 atom stereocenters. The van der Waals surface area contributed by atoms with Gasteiger partial charge in [-0.2, -0.15) is 0 Å². The van der Waals surface area contributed by atoms with Crippen LogP contribution in [0, 0.1) is 6.92 Å². The van der Waals surface area contributed by atoms with E-state index in [1.54, 1.807) is 17.0 Å². The third kappa shape index (κ3) is 3.16. The van der Waals surface area contributed by atoms with E-state index in [2.05, 4.69) is 0 Å². The van der Waals surface area contributed by atoms with Gasteiger partial charge >= 0.3 is 0 Å². The van der Waals surface area contributed by atoms with Crippen molar-refractivity contribution in [3.05, 3.63) is 53.5 Å². The zero-order valence-corrected chi connectivity index (χ0v) is 11.2. The molecule has 1 heterocycles. The van der Waals surface area contributed by atoms with Crippen LogP contribution in [0.3, 0.4) is 0 Å². The summed E-state index contributed by atoms with van der Waals surface area (Å²) in [5.41, 5.74) is 7.42. The van der Waals surface area contributed by atoms with Crippen molar-refractivity contribution < 1.29 is 9.21 Å². The van der Waals surface area contributed by atoms with Gasteiger partial charge in [0.2, 0.25) is 0 Å². The van der Waals surface area contributed by atoms with Crippen molar-refractivity contribution in [1.29, 1.82) is 0 Å².